The smallest absolute Gasteiger partial charge is 0.330 e. The highest BCUT2D eigenvalue weighted by Crippen LogP contribution is 2.37. The molecule has 1 unspecified atom stereocenters. The highest BCUT2D eigenvalue weighted by Gasteiger charge is 2.47. The fraction of sp³-hybridized carbons (Fsp3) is 0.750. The van der Waals surface area contributed by atoms with Gasteiger partial charge in [0.25, 0.3) is 0 Å². The second kappa shape index (κ2) is 4.76. The van der Waals surface area contributed by atoms with Crippen molar-refractivity contribution in [1.29, 1.82) is 0 Å². The van der Waals surface area contributed by atoms with Gasteiger partial charge in [-0.25, -0.2) is 4.79 Å². The first kappa shape index (κ1) is 12.5. The number of hydrogen-bond acceptors (Lipinski definition) is 5. The van der Waals surface area contributed by atoms with Crippen molar-refractivity contribution in [3.05, 3.63) is 12.2 Å². The molecule has 0 aromatic heterocycles. The molecule has 2 aliphatic heterocycles. The standard InChI is InChI=1S/C12H18O5/c1-4-14-10(13)6-5-8-7-9-11(15-8)17-12(2,3)16-9/h5-6,8-9,11H,4,7H2,1-3H3/b6-5+/t8-,9-,11?/m1/s1. The van der Waals surface area contributed by atoms with E-state index in [1.165, 1.54) is 6.08 Å². The Bertz CT molecular complexity index is 307. The Labute approximate surface area is 101 Å². The number of rotatable bonds is 3. The Balaban J connectivity index is 1.83. The van der Waals surface area contributed by atoms with Crippen LogP contribution in [-0.2, 0) is 23.7 Å². The molecule has 5 nitrogen and oxygen atoms in total. The van der Waals surface area contributed by atoms with Crippen LogP contribution in [0.4, 0.5) is 0 Å². The van der Waals surface area contributed by atoms with Crippen LogP contribution in [0.3, 0.4) is 0 Å². The maximum absolute atomic E-state index is 11.1. The zero-order chi connectivity index (χ0) is 12.5. The number of esters is 1. The third-order valence-corrected chi connectivity index (χ3v) is 2.65. The Morgan fingerprint density at radius 2 is 2.24 bits per heavy atom. The third kappa shape index (κ3) is 3.06. The molecule has 0 spiro atoms. The summed E-state index contributed by atoms with van der Waals surface area (Å²) in [5.41, 5.74) is 0. The predicted molar refractivity (Wildman–Crippen MR) is 59.1 cm³/mol. The van der Waals surface area contributed by atoms with E-state index in [9.17, 15) is 4.79 Å². The number of fused-ring (bicyclic) bond motifs is 1. The van der Waals surface area contributed by atoms with E-state index in [4.69, 9.17) is 18.9 Å². The van der Waals surface area contributed by atoms with Crippen molar-refractivity contribution in [2.75, 3.05) is 6.61 Å². The minimum atomic E-state index is -0.578. The van der Waals surface area contributed by atoms with Gasteiger partial charge in [-0.15, -0.1) is 0 Å². The molecule has 5 heteroatoms. The zero-order valence-electron chi connectivity index (χ0n) is 10.3. The van der Waals surface area contributed by atoms with Crippen LogP contribution < -0.4 is 0 Å². The first-order chi connectivity index (χ1) is 8.00. The number of carbonyl (C=O) groups excluding carboxylic acids is 1. The summed E-state index contributed by atoms with van der Waals surface area (Å²) in [4.78, 5) is 11.1. The molecule has 0 amide bonds. The Hall–Kier alpha value is -0.910. The molecule has 2 aliphatic rings. The normalized spacial score (nSPS) is 35.1. The molecule has 2 saturated heterocycles. The van der Waals surface area contributed by atoms with Crippen molar-refractivity contribution >= 4 is 5.97 Å². The van der Waals surface area contributed by atoms with E-state index in [0.29, 0.717) is 13.0 Å². The van der Waals surface area contributed by atoms with Crippen molar-refractivity contribution in [2.45, 2.75) is 51.5 Å². The quantitative estimate of drug-likeness (QED) is 0.552. The van der Waals surface area contributed by atoms with Crippen molar-refractivity contribution in [3.8, 4) is 0 Å². The summed E-state index contributed by atoms with van der Waals surface area (Å²) < 4.78 is 21.6. The van der Waals surface area contributed by atoms with Gasteiger partial charge in [-0.1, -0.05) is 0 Å². The number of hydrogen-bond donors (Lipinski definition) is 0. The zero-order valence-corrected chi connectivity index (χ0v) is 10.3. The number of ether oxygens (including phenoxy) is 4. The van der Waals surface area contributed by atoms with Crippen LogP contribution in [0, 0.1) is 0 Å². The molecule has 0 aliphatic carbocycles. The van der Waals surface area contributed by atoms with E-state index < -0.39 is 5.79 Å². The van der Waals surface area contributed by atoms with Gasteiger partial charge >= 0.3 is 5.97 Å². The lowest BCUT2D eigenvalue weighted by atomic mass is 10.2. The fourth-order valence-corrected chi connectivity index (χ4v) is 2.04. The summed E-state index contributed by atoms with van der Waals surface area (Å²) in [6, 6.07) is 0. The summed E-state index contributed by atoms with van der Waals surface area (Å²) in [6.45, 7) is 5.86. The lowest BCUT2D eigenvalue weighted by Gasteiger charge is -2.19. The minimum absolute atomic E-state index is 0.0538. The lowest BCUT2D eigenvalue weighted by molar-refractivity contribution is -0.200. The topological polar surface area (TPSA) is 54.0 Å². The molecule has 2 fully saturated rings. The van der Waals surface area contributed by atoms with E-state index >= 15 is 0 Å². The molecule has 0 aromatic carbocycles. The molecular weight excluding hydrogens is 224 g/mol. The van der Waals surface area contributed by atoms with Crippen molar-refractivity contribution in [3.63, 3.8) is 0 Å². The van der Waals surface area contributed by atoms with Crippen molar-refractivity contribution < 1.29 is 23.7 Å². The summed E-state index contributed by atoms with van der Waals surface area (Å²) >= 11 is 0. The lowest BCUT2D eigenvalue weighted by Crippen LogP contribution is -2.24. The minimum Gasteiger partial charge on any atom is -0.463 e. The second-order valence-corrected chi connectivity index (χ2v) is 4.56. The summed E-state index contributed by atoms with van der Waals surface area (Å²) in [5, 5.41) is 0. The summed E-state index contributed by atoms with van der Waals surface area (Å²) in [6.07, 6.45) is 3.25. The highest BCUT2D eigenvalue weighted by atomic mass is 16.8. The fourth-order valence-electron chi connectivity index (χ4n) is 2.04. The van der Waals surface area contributed by atoms with Crippen molar-refractivity contribution in [2.24, 2.45) is 0 Å². The maximum Gasteiger partial charge on any atom is 0.330 e. The van der Waals surface area contributed by atoms with Gasteiger partial charge in [0.2, 0.25) is 0 Å². The molecule has 17 heavy (non-hydrogen) atoms. The van der Waals surface area contributed by atoms with Crippen LogP contribution in [0.25, 0.3) is 0 Å². The average molecular weight is 242 g/mol. The maximum atomic E-state index is 11.1. The monoisotopic (exact) mass is 242 g/mol. The molecule has 0 aromatic rings. The van der Waals surface area contributed by atoms with Gasteiger partial charge in [0.1, 0.15) is 6.10 Å². The molecule has 3 atom stereocenters. The average Bonchev–Trinajstić information content (AvgIpc) is 2.68. The Kier molecular flexibility index (Phi) is 3.51. The van der Waals surface area contributed by atoms with Gasteiger partial charge in [0.15, 0.2) is 12.1 Å². The molecule has 0 bridgehead atoms. The first-order valence-corrected chi connectivity index (χ1v) is 5.86. The summed E-state index contributed by atoms with van der Waals surface area (Å²) in [7, 11) is 0. The molecule has 2 heterocycles. The Morgan fingerprint density at radius 1 is 1.47 bits per heavy atom. The van der Waals surface area contributed by atoms with Crippen LogP contribution in [0.2, 0.25) is 0 Å². The largest absolute Gasteiger partial charge is 0.463 e. The molecule has 2 rings (SSSR count). The van der Waals surface area contributed by atoms with Gasteiger partial charge in [0, 0.05) is 12.5 Å². The van der Waals surface area contributed by atoms with Crippen LogP contribution in [0.5, 0.6) is 0 Å². The molecular formula is C12H18O5. The van der Waals surface area contributed by atoms with E-state index in [0.717, 1.165) is 0 Å². The van der Waals surface area contributed by atoms with Crippen LogP contribution >= 0.6 is 0 Å². The predicted octanol–water partition coefficient (Wildman–Crippen LogP) is 1.37. The second-order valence-electron chi connectivity index (χ2n) is 4.56. The van der Waals surface area contributed by atoms with E-state index in [1.807, 2.05) is 13.8 Å². The van der Waals surface area contributed by atoms with Crippen LogP contribution in [0.1, 0.15) is 27.2 Å². The molecule has 0 radical (unpaired) electrons. The van der Waals surface area contributed by atoms with Crippen LogP contribution in [0.15, 0.2) is 12.2 Å². The van der Waals surface area contributed by atoms with E-state index in [1.54, 1.807) is 13.0 Å². The highest BCUT2D eigenvalue weighted by molar-refractivity contribution is 5.81. The van der Waals surface area contributed by atoms with Crippen LogP contribution in [-0.4, -0.2) is 36.9 Å². The van der Waals surface area contributed by atoms with Gasteiger partial charge in [-0.3, -0.25) is 0 Å². The van der Waals surface area contributed by atoms with Crippen molar-refractivity contribution in [1.82, 2.24) is 0 Å². The molecule has 96 valence electrons. The summed E-state index contributed by atoms with van der Waals surface area (Å²) in [5.74, 6) is -0.930. The van der Waals surface area contributed by atoms with Gasteiger partial charge in [0.05, 0.1) is 12.7 Å². The molecule has 0 N–H and O–H groups in total. The third-order valence-electron chi connectivity index (χ3n) is 2.65. The van der Waals surface area contributed by atoms with E-state index in [-0.39, 0.29) is 24.5 Å². The molecule has 0 saturated carbocycles. The van der Waals surface area contributed by atoms with Gasteiger partial charge in [-0.05, 0) is 26.8 Å². The van der Waals surface area contributed by atoms with Gasteiger partial charge < -0.3 is 18.9 Å². The van der Waals surface area contributed by atoms with E-state index in [2.05, 4.69) is 0 Å². The van der Waals surface area contributed by atoms with Gasteiger partial charge in [-0.2, -0.15) is 0 Å². The Morgan fingerprint density at radius 3 is 2.88 bits per heavy atom. The number of carbonyl (C=O) groups is 1. The first-order valence-electron chi connectivity index (χ1n) is 5.86. The SMILES string of the molecule is CCOC(=O)/C=C/[C@@H]1C[C@H]2OC(C)(C)OC2O1.